The minimum absolute atomic E-state index is 0.135. The third-order valence-corrected chi connectivity index (χ3v) is 5.32. The van der Waals surface area contributed by atoms with Gasteiger partial charge in [0.15, 0.2) is 11.5 Å². The second kappa shape index (κ2) is 6.38. The van der Waals surface area contributed by atoms with E-state index in [0.29, 0.717) is 23.6 Å². The second-order valence-electron chi connectivity index (χ2n) is 6.10. The van der Waals surface area contributed by atoms with Gasteiger partial charge in [-0.05, 0) is 38.1 Å². The van der Waals surface area contributed by atoms with Crippen molar-refractivity contribution in [3.05, 3.63) is 57.8 Å². The molecule has 0 aliphatic carbocycles. The molecule has 132 valence electrons. The fraction of sp³-hybridized carbons (Fsp3) is 0.222. The molecule has 1 N–H and O–H groups in total. The van der Waals surface area contributed by atoms with Crippen LogP contribution in [-0.2, 0) is 13.6 Å². The first-order chi connectivity index (χ1) is 12.5. The van der Waals surface area contributed by atoms with E-state index in [9.17, 15) is 4.79 Å². The number of aromatic nitrogens is 5. The number of carbonyl (C=O) groups excluding carboxylic acids is 1. The fourth-order valence-corrected chi connectivity index (χ4v) is 3.77. The molecule has 8 heteroatoms. The summed E-state index contributed by atoms with van der Waals surface area (Å²) < 4.78 is 3.81. The van der Waals surface area contributed by atoms with Crippen LogP contribution in [0.1, 0.15) is 25.9 Å². The topological polar surface area (TPSA) is 77.1 Å². The van der Waals surface area contributed by atoms with Crippen molar-refractivity contribution in [1.29, 1.82) is 0 Å². The minimum Gasteiger partial charge on any atom is -0.348 e. The van der Waals surface area contributed by atoms with E-state index in [1.807, 2.05) is 48.2 Å². The van der Waals surface area contributed by atoms with Gasteiger partial charge in [-0.1, -0.05) is 0 Å². The molecule has 26 heavy (non-hydrogen) atoms. The summed E-state index contributed by atoms with van der Waals surface area (Å²) in [4.78, 5) is 18.0. The molecule has 0 aromatic carbocycles. The molecule has 4 aromatic heterocycles. The number of hydrogen-bond donors (Lipinski definition) is 1. The molecule has 0 saturated carbocycles. The van der Waals surface area contributed by atoms with Gasteiger partial charge in [0.25, 0.3) is 5.91 Å². The smallest absolute Gasteiger partial charge is 0.253 e. The summed E-state index contributed by atoms with van der Waals surface area (Å²) in [5, 5.41) is 12.4. The Hall–Kier alpha value is -3.00. The highest BCUT2D eigenvalue weighted by Gasteiger charge is 2.14. The molecule has 0 fully saturated rings. The number of amides is 1. The molecule has 0 aliphatic heterocycles. The highest BCUT2D eigenvalue weighted by molar-refractivity contribution is 7.11. The maximum Gasteiger partial charge on any atom is 0.253 e. The number of fused-ring (bicyclic) bond motifs is 1. The van der Waals surface area contributed by atoms with Gasteiger partial charge >= 0.3 is 0 Å². The first-order valence-electron chi connectivity index (χ1n) is 8.20. The number of carbonyl (C=O) groups is 1. The van der Waals surface area contributed by atoms with Gasteiger partial charge in [0, 0.05) is 24.3 Å². The lowest BCUT2D eigenvalue weighted by Gasteiger charge is -2.06. The van der Waals surface area contributed by atoms with E-state index < -0.39 is 0 Å². The van der Waals surface area contributed by atoms with Crippen LogP contribution in [0.2, 0.25) is 0 Å². The highest BCUT2D eigenvalue weighted by Crippen LogP contribution is 2.19. The molecule has 0 unspecified atom stereocenters. The van der Waals surface area contributed by atoms with Gasteiger partial charge in [-0.2, -0.15) is 0 Å². The van der Waals surface area contributed by atoms with E-state index >= 15 is 0 Å². The van der Waals surface area contributed by atoms with Crippen molar-refractivity contribution in [1.82, 2.24) is 29.5 Å². The maximum absolute atomic E-state index is 12.6. The molecule has 4 heterocycles. The molecule has 7 nitrogen and oxygen atoms in total. The number of nitrogens with zero attached hydrogens (tertiary/aromatic N) is 5. The van der Waals surface area contributed by atoms with E-state index in [1.165, 1.54) is 0 Å². The van der Waals surface area contributed by atoms with E-state index in [4.69, 9.17) is 0 Å². The standard InChI is InChI=1S/C18H18N6OS/c1-11-15(26-12(2)20-11)9-19-18(25)13-6-7-16-21-22-17(24(16)10-13)14-5-4-8-23(14)3/h4-8,10H,9H2,1-3H3,(H,19,25). The number of pyridine rings is 1. The van der Waals surface area contributed by atoms with Gasteiger partial charge in [-0.3, -0.25) is 9.20 Å². The van der Waals surface area contributed by atoms with Gasteiger partial charge in [0.05, 0.1) is 28.5 Å². The second-order valence-corrected chi connectivity index (χ2v) is 7.39. The predicted octanol–water partition coefficient (Wildman–Crippen LogP) is 2.74. The van der Waals surface area contributed by atoms with Gasteiger partial charge in [0.2, 0.25) is 0 Å². The number of aryl methyl sites for hydroxylation is 3. The zero-order chi connectivity index (χ0) is 18.3. The van der Waals surface area contributed by atoms with Crippen molar-refractivity contribution in [3.63, 3.8) is 0 Å². The fourth-order valence-electron chi connectivity index (χ4n) is 2.89. The van der Waals surface area contributed by atoms with Crippen LogP contribution in [0.4, 0.5) is 0 Å². The van der Waals surface area contributed by atoms with Crippen LogP contribution in [0.25, 0.3) is 17.2 Å². The van der Waals surface area contributed by atoms with Crippen molar-refractivity contribution in [2.24, 2.45) is 7.05 Å². The van der Waals surface area contributed by atoms with Gasteiger partial charge < -0.3 is 9.88 Å². The van der Waals surface area contributed by atoms with Gasteiger partial charge in [0.1, 0.15) is 0 Å². The quantitative estimate of drug-likeness (QED) is 0.602. The predicted molar refractivity (Wildman–Crippen MR) is 100 cm³/mol. The monoisotopic (exact) mass is 366 g/mol. The lowest BCUT2D eigenvalue weighted by molar-refractivity contribution is 0.0951. The van der Waals surface area contributed by atoms with Crippen LogP contribution >= 0.6 is 11.3 Å². The Bertz CT molecular complexity index is 1110. The summed E-state index contributed by atoms with van der Waals surface area (Å²) >= 11 is 1.60. The molecule has 4 aromatic rings. The first kappa shape index (κ1) is 16.5. The van der Waals surface area contributed by atoms with Crippen LogP contribution in [0.5, 0.6) is 0 Å². The van der Waals surface area contributed by atoms with Crippen LogP contribution in [0, 0.1) is 13.8 Å². The normalized spacial score (nSPS) is 11.2. The molecular formula is C18H18N6OS. The number of rotatable bonds is 4. The lowest BCUT2D eigenvalue weighted by atomic mass is 10.2. The SMILES string of the molecule is Cc1nc(C)c(CNC(=O)c2ccc3nnc(-c4cccn4C)n3c2)s1. The Labute approximate surface area is 154 Å². The largest absolute Gasteiger partial charge is 0.348 e. The minimum atomic E-state index is -0.135. The number of nitrogens with one attached hydrogen (secondary N) is 1. The zero-order valence-electron chi connectivity index (χ0n) is 14.7. The maximum atomic E-state index is 12.6. The summed E-state index contributed by atoms with van der Waals surface area (Å²) in [5.74, 6) is 0.569. The molecule has 0 spiro atoms. The third-order valence-electron chi connectivity index (χ3n) is 4.25. The Balaban J connectivity index is 1.61. The molecule has 0 bridgehead atoms. The molecule has 1 amide bonds. The summed E-state index contributed by atoms with van der Waals surface area (Å²) in [6.45, 7) is 4.40. The summed E-state index contributed by atoms with van der Waals surface area (Å²) in [5.41, 5.74) is 3.16. The van der Waals surface area contributed by atoms with Gasteiger partial charge in [-0.15, -0.1) is 21.5 Å². The highest BCUT2D eigenvalue weighted by atomic mass is 32.1. The Morgan fingerprint density at radius 2 is 2.08 bits per heavy atom. The summed E-state index contributed by atoms with van der Waals surface area (Å²) in [6.07, 6.45) is 3.73. The molecular weight excluding hydrogens is 348 g/mol. The van der Waals surface area contributed by atoms with E-state index in [-0.39, 0.29) is 5.91 Å². The summed E-state index contributed by atoms with van der Waals surface area (Å²) in [7, 11) is 1.95. The van der Waals surface area contributed by atoms with Crippen molar-refractivity contribution in [2.75, 3.05) is 0 Å². The van der Waals surface area contributed by atoms with E-state index in [2.05, 4.69) is 20.5 Å². The van der Waals surface area contributed by atoms with Crippen molar-refractivity contribution in [2.45, 2.75) is 20.4 Å². The number of hydrogen-bond acceptors (Lipinski definition) is 5. The number of thiazole rings is 1. The van der Waals surface area contributed by atoms with Crippen LogP contribution in [0.3, 0.4) is 0 Å². The molecule has 0 saturated heterocycles. The Morgan fingerprint density at radius 1 is 1.23 bits per heavy atom. The van der Waals surface area contributed by atoms with Crippen molar-refractivity contribution < 1.29 is 4.79 Å². The average Bonchev–Trinajstić information content (AvgIpc) is 3.30. The first-order valence-corrected chi connectivity index (χ1v) is 9.02. The zero-order valence-corrected chi connectivity index (χ0v) is 15.5. The van der Waals surface area contributed by atoms with Gasteiger partial charge in [-0.25, -0.2) is 4.98 Å². The Kier molecular flexibility index (Phi) is 4.04. The van der Waals surface area contributed by atoms with Crippen molar-refractivity contribution >= 4 is 22.9 Å². The lowest BCUT2D eigenvalue weighted by Crippen LogP contribution is -2.23. The molecule has 4 rings (SSSR count). The van der Waals surface area contributed by atoms with Crippen LogP contribution in [0.15, 0.2) is 36.7 Å². The van der Waals surface area contributed by atoms with Crippen LogP contribution < -0.4 is 5.32 Å². The van der Waals surface area contributed by atoms with E-state index in [0.717, 1.165) is 21.3 Å². The molecule has 0 atom stereocenters. The average molecular weight is 366 g/mol. The molecule has 0 radical (unpaired) electrons. The van der Waals surface area contributed by atoms with Crippen molar-refractivity contribution in [3.8, 4) is 11.5 Å². The Morgan fingerprint density at radius 3 is 2.77 bits per heavy atom. The van der Waals surface area contributed by atoms with E-state index in [1.54, 1.807) is 29.7 Å². The third kappa shape index (κ3) is 2.88. The van der Waals surface area contributed by atoms with Crippen LogP contribution in [-0.4, -0.2) is 30.1 Å². The molecule has 0 aliphatic rings. The summed E-state index contributed by atoms with van der Waals surface area (Å²) in [6, 6.07) is 7.49.